The fourth-order valence-corrected chi connectivity index (χ4v) is 3.87. The molecule has 0 aliphatic carbocycles. The zero-order valence-electron chi connectivity index (χ0n) is 11.5. The quantitative estimate of drug-likeness (QED) is 0.689. The number of hydrogen-bond donors (Lipinski definition) is 1. The van der Waals surface area contributed by atoms with Crippen LogP contribution < -0.4 is 0 Å². The molecule has 3 rings (SSSR count). The minimum absolute atomic E-state index is 0.898. The average Bonchev–Trinajstić information content (AvgIpc) is 2.98. The van der Waals surface area contributed by atoms with E-state index in [-0.39, 0.29) is 0 Å². The minimum Gasteiger partial charge on any atom is -0.350 e. The van der Waals surface area contributed by atoms with Gasteiger partial charge >= 0.3 is 0 Å². The zero-order chi connectivity index (χ0) is 14.1. The monoisotopic (exact) mass is 349 g/mol. The van der Waals surface area contributed by atoms with Crippen LogP contribution in [0.1, 0.15) is 18.3 Å². The van der Waals surface area contributed by atoms with Crippen LogP contribution in [-0.2, 0) is 12.3 Å². The van der Waals surface area contributed by atoms with Crippen LogP contribution in [0.2, 0.25) is 0 Å². The van der Waals surface area contributed by atoms with Crippen molar-refractivity contribution in [3.8, 4) is 0 Å². The summed E-state index contributed by atoms with van der Waals surface area (Å²) in [5.41, 5.74) is 3.49. The van der Waals surface area contributed by atoms with Gasteiger partial charge in [0.25, 0.3) is 0 Å². The molecule has 3 aromatic rings. The second-order valence-corrected chi connectivity index (χ2v) is 6.48. The van der Waals surface area contributed by atoms with E-state index in [4.69, 9.17) is 0 Å². The molecule has 2 aromatic heterocycles. The summed E-state index contributed by atoms with van der Waals surface area (Å²) in [6.45, 7) is 5.05. The molecular weight excluding hydrogens is 334 g/mol. The highest BCUT2D eigenvalue weighted by atomic mass is 79.9. The number of aromatic nitrogens is 3. The van der Waals surface area contributed by atoms with Gasteiger partial charge in [-0.3, -0.25) is 4.68 Å². The summed E-state index contributed by atoms with van der Waals surface area (Å²) in [6.07, 6.45) is 0. The number of aryl methyl sites for hydroxylation is 2. The number of hydrogen-bond acceptors (Lipinski definition) is 2. The molecule has 0 unspecified atom stereocenters. The van der Waals surface area contributed by atoms with Gasteiger partial charge in [-0.25, -0.2) is 0 Å². The van der Waals surface area contributed by atoms with Crippen molar-refractivity contribution < 1.29 is 0 Å². The lowest BCUT2D eigenvalue weighted by Crippen LogP contribution is -2.01. The van der Waals surface area contributed by atoms with E-state index >= 15 is 0 Å². The first-order valence-electron chi connectivity index (χ1n) is 6.61. The van der Waals surface area contributed by atoms with Gasteiger partial charge in [-0.1, -0.05) is 18.2 Å². The van der Waals surface area contributed by atoms with E-state index in [1.165, 1.54) is 21.6 Å². The van der Waals surface area contributed by atoms with Crippen molar-refractivity contribution in [2.75, 3.05) is 0 Å². The molecule has 0 fully saturated rings. The predicted molar refractivity (Wildman–Crippen MR) is 88.2 cm³/mol. The Morgan fingerprint density at radius 2 is 2.15 bits per heavy atom. The van der Waals surface area contributed by atoms with Crippen molar-refractivity contribution in [2.45, 2.75) is 31.2 Å². The van der Waals surface area contributed by atoms with Gasteiger partial charge in [0.1, 0.15) is 0 Å². The van der Waals surface area contributed by atoms with Crippen LogP contribution in [0.15, 0.2) is 39.8 Å². The summed E-state index contributed by atoms with van der Waals surface area (Å²) in [5, 5.41) is 6.98. The first kappa shape index (κ1) is 13.8. The van der Waals surface area contributed by atoms with E-state index < -0.39 is 0 Å². The number of fused-ring (bicyclic) bond motifs is 1. The van der Waals surface area contributed by atoms with Gasteiger partial charge in [0.2, 0.25) is 0 Å². The molecule has 0 atom stereocenters. The molecular formula is C15H16BrN3S. The van der Waals surface area contributed by atoms with Crippen molar-refractivity contribution >= 4 is 38.6 Å². The van der Waals surface area contributed by atoms with Gasteiger partial charge in [-0.2, -0.15) is 5.10 Å². The Kier molecular flexibility index (Phi) is 3.89. The average molecular weight is 350 g/mol. The first-order chi connectivity index (χ1) is 9.69. The van der Waals surface area contributed by atoms with Crippen LogP contribution in [-0.4, -0.2) is 14.8 Å². The second-order valence-electron chi connectivity index (χ2n) is 4.67. The van der Waals surface area contributed by atoms with Gasteiger partial charge in [-0.15, -0.1) is 11.8 Å². The number of nitrogens with one attached hydrogen (secondary N) is 1. The fraction of sp³-hybridized carbons (Fsp3) is 0.267. The van der Waals surface area contributed by atoms with Crippen molar-refractivity contribution in [3.05, 3.63) is 46.2 Å². The molecule has 3 nitrogen and oxygen atoms in total. The summed E-state index contributed by atoms with van der Waals surface area (Å²) in [6, 6.07) is 10.6. The summed E-state index contributed by atoms with van der Waals surface area (Å²) in [7, 11) is 0. The van der Waals surface area contributed by atoms with E-state index in [0.29, 0.717) is 0 Å². The number of nitrogens with zero attached hydrogens (tertiary/aromatic N) is 2. The number of halogens is 1. The molecule has 1 aromatic carbocycles. The molecule has 0 aliphatic heterocycles. The van der Waals surface area contributed by atoms with Gasteiger partial charge in [-0.05, 0) is 41.9 Å². The summed E-state index contributed by atoms with van der Waals surface area (Å²) >= 11 is 5.45. The van der Waals surface area contributed by atoms with Crippen molar-refractivity contribution in [1.29, 1.82) is 0 Å². The van der Waals surface area contributed by atoms with E-state index in [2.05, 4.69) is 67.9 Å². The summed E-state index contributed by atoms with van der Waals surface area (Å²) in [4.78, 5) is 3.45. The Morgan fingerprint density at radius 1 is 1.35 bits per heavy atom. The number of H-pyrrole nitrogens is 1. The first-order valence-corrected chi connectivity index (χ1v) is 8.39. The maximum Gasteiger partial charge on any atom is 0.0739 e. The number of benzene rings is 1. The number of rotatable bonds is 4. The highest BCUT2D eigenvalue weighted by Gasteiger charge is 2.12. The Morgan fingerprint density at radius 3 is 2.90 bits per heavy atom. The third-order valence-corrected chi connectivity index (χ3v) is 5.30. The minimum atomic E-state index is 0.898. The van der Waals surface area contributed by atoms with Gasteiger partial charge in [0.15, 0.2) is 0 Å². The summed E-state index contributed by atoms with van der Waals surface area (Å²) in [5.74, 6) is 0.905. The number of thioether (sulfide) groups is 1. The van der Waals surface area contributed by atoms with Crippen molar-refractivity contribution in [1.82, 2.24) is 14.8 Å². The van der Waals surface area contributed by atoms with Crippen LogP contribution in [0.5, 0.6) is 0 Å². The molecule has 104 valence electrons. The van der Waals surface area contributed by atoms with E-state index in [9.17, 15) is 0 Å². The molecule has 0 saturated carbocycles. The Hall–Kier alpha value is -1.20. The molecule has 0 aliphatic rings. The van der Waals surface area contributed by atoms with Crippen LogP contribution in [0.4, 0.5) is 0 Å². The lowest BCUT2D eigenvalue weighted by Gasteiger charge is -2.04. The van der Waals surface area contributed by atoms with E-state index in [1.54, 1.807) is 0 Å². The third-order valence-electron chi connectivity index (χ3n) is 3.32. The standard InChI is InChI=1S/C15H16BrN3S/c1-3-19-13(15(16)10(2)18-19)9-20-14-8-11-6-4-5-7-12(11)17-14/h4-8,17H,3,9H2,1-2H3. The highest BCUT2D eigenvalue weighted by Crippen LogP contribution is 2.30. The van der Waals surface area contributed by atoms with Gasteiger partial charge in [0.05, 0.1) is 20.9 Å². The van der Waals surface area contributed by atoms with Crippen molar-refractivity contribution in [2.24, 2.45) is 0 Å². The van der Waals surface area contributed by atoms with Crippen LogP contribution in [0, 0.1) is 6.92 Å². The van der Waals surface area contributed by atoms with Gasteiger partial charge < -0.3 is 4.98 Å². The lowest BCUT2D eigenvalue weighted by atomic mass is 10.3. The second kappa shape index (κ2) is 5.66. The maximum atomic E-state index is 4.53. The third kappa shape index (κ3) is 2.52. The molecule has 0 radical (unpaired) electrons. The van der Waals surface area contributed by atoms with E-state index in [1.807, 2.05) is 18.7 Å². The Labute approximate surface area is 130 Å². The van der Waals surface area contributed by atoms with Gasteiger partial charge in [0, 0.05) is 23.2 Å². The Bertz CT molecular complexity index is 712. The Balaban J connectivity index is 1.82. The van der Waals surface area contributed by atoms with Crippen LogP contribution in [0.3, 0.4) is 0 Å². The molecule has 0 spiro atoms. The van der Waals surface area contributed by atoms with E-state index in [0.717, 1.165) is 22.5 Å². The fourth-order valence-electron chi connectivity index (χ4n) is 2.28. The lowest BCUT2D eigenvalue weighted by molar-refractivity contribution is 0.631. The number of para-hydroxylation sites is 1. The highest BCUT2D eigenvalue weighted by molar-refractivity contribution is 9.10. The number of aromatic amines is 1. The van der Waals surface area contributed by atoms with Crippen LogP contribution >= 0.6 is 27.7 Å². The molecule has 1 N–H and O–H groups in total. The maximum absolute atomic E-state index is 4.53. The largest absolute Gasteiger partial charge is 0.350 e. The SMILES string of the molecule is CCn1nc(C)c(Br)c1CSc1cc2ccccc2[nH]1. The molecule has 0 saturated heterocycles. The molecule has 20 heavy (non-hydrogen) atoms. The smallest absolute Gasteiger partial charge is 0.0739 e. The predicted octanol–water partition coefficient (Wildman–Crippen LogP) is 4.75. The summed E-state index contributed by atoms with van der Waals surface area (Å²) < 4.78 is 3.19. The molecule has 5 heteroatoms. The zero-order valence-corrected chi connectivity index (χ0v) is 13.9. The topological polar surface area (TPSA) is 33.6 Å². The molecule has 2 heterocycles. The van der Waals surface area contributed by atoms with Crippen LogP contribution in [0.25, 0.3) is 10.9 Å². The molecule has 0 bridgehead atoms. The molecule has 0 amide bonds. The normalized spacial score (nSPS) is 11.3. The van der Waals surface area contributed by atoms with Crippen molar-refractivity contribution in [3.63, 3.8) is 0 Å².